The molecule has 0 aromatic heterocycles. The van der Waals surface area contributed by atoms with E-state index in [9.17, 15) is 57.1 Å². The number of alkyl halides is 13. The van der Waals surface area contributed by atoms with E-state index in [0.717, 1.165) is 0 Å². The van der Waals surface area contributed by atoms with Crippen molar-refractivity contribution < 1.29 is 116 Å². The van der Waals surface area contributed by atoms with E-state index in [1.165, 1.54) is 64.0 Å². The lowest BCUT2D eigenvalue weighted by Crippen LogP contribution is -2.43. The van der Waals surface area contributed by atoms with Crippen molar-refractivity contribution in [3.05, 3.63) is 0 Å². The summed E-state index contributed by atoms with van der Waals surface area (Å²) in [6, 6.07) is 1.55. The molecule has 29 heteroatoms. The summed E-state index contributed by atoms with van der Waals surface area (Å²) in [5.74, 6) is -8.61. The smallest absolute Gasteiger partial charge is 0.377 e. The molecule has 0 aromatic rings. The highest BCUT2D eigenvalue weighted by Gasteiger charge is 2.52. The van der Waals surface area contributed by atoms with Crippen molar-refractivity contribution in [2.24, 2.45) is 5.41 Å². The van der Waals surface area contributed by atoms with Gasteiger partial charge >= 0.3 is 51.1 Å². The normalized spacial score (nSPS) is 14.5. The van der Waals surface area contributed by atoms with Crippen molar-refractivity contribution in [2.75, 3.05) is 90.4 Å². The molecule has 0 saturated carbocycles. The SMILES string of the molecule is CO[Si](CCCC(CCCCCCC(F)(F)COCC(F)(F)OC(F)(F)CC(F)(F)COCC(F)(F)OC(F)(F)F)(CCC[Si](OC)(OC)OC)CCC[Si](OC)(OC)OC)(OC)OC. The van der Waals surface area contributed by atoms with Gasteiger partial charge in [0.2, 0.25) is 0 Å². The first kappa shape index (κ1) is 64.2. The van der Waals surface area contributed by atoms with Crippen LogP contribution in [-0.4, -0.2) is 153 Å². The molecule has 0 rings (SSSR count). The number of unbranched alkanes of at least 4 members (excludes halogenated alkanes) is 3. The zero-order valence-electron chi connectivity index (χ0n) is 38.4. The second kappa shape index (κ2) is 28.8. The molecular weight excluding hydrogens is 972 g/mol. The topological polar surface area (TPSA) is 120 Å². The maximum absolute atomic E-state index is 14.6. The van der Waals surface area contributed by atoms with Gasteiger partial charge in [0.25, 0.3) is 11.8 Å². The average molecular weight is 1040 g/mol. The highest BCUT2D eigenvalue weighted by Crippen LogP contribution is 2.44. The molecule has 0 amide bonds. The van der Waals surface area contributed by atoms with Gasteiger partial charge in [0.1, 0.15) is 32.8 Å². The molecule has 13 nitrogen and oxygen atoms in total. The van der Waals surface area contributed by atoms with Crippen LogP contribution in [0.2, 0.25) is 18.1 Å². The zero-order valence-corrected chi connectivity index (χ0v) is 41.4. The summed E-state index contributed by atoms with van der Waals surface area (Å²) in [6.45, 7) is -8.71. The minimum Gasteiger partial charge on any atom is -0.377 e. The molecule has 0 bridgehead atoms. The van der Waals surface area contributed by atoms with Gasteiger partial charge in [0.15, 0.2) is 0 Å². The van der Waals surface area contributed by atoms with E-state index in [4.69, 9.17) is 39.8 Å². The van der Waals surface area contributed by atoms with Gasteiger partial charge in [0, 0.05) is 88.5 Å². The van der Waals surface area contributed by atoms with Gasteiger partial charge in [-0.25, -0.2) is 22.3 Å². The van der Waals surface area contributed by atoms with Crippen LogP contribution in [-0.2, 0) is 58.8 Å². The second-order valence-electron chi connectivity index (χ2n) is 15.3. The quantitative estimate of drug-likeness (QED) is 0.0329. The van der Waals surface area contributed by atoms with Crippen molar-refractivity contribution in [2.45, 2.75) is 138 Å². The lowest BCUT2D eigenvalue weighted by molar-refractivity contribution is -0.432. The molecule has 0 radical (unpaired) electrons. The van der Waals surface area contributed by atoms with Gasteiger partial charge in [0.05, 0.1) is 0 Å². The monoisotopic (exact) mass is 1040 g/mol. The number of hydrogen-bond acceptors (Lipinski definition) is 13. The van der Waals surface area contributed by atoms with Crippen LogP contribution in [0.4, 0.5) is 57.1 Å². The maximum Gasteiger partial charge on any atom is 0.527 e. The molecule has 0 aliphatic heterocycles. The Morgan fingerprint density at radius 1 is 0.323 bits per heavy atom. The van der Waals surface area contributed by atoms with Crippen molar-refractivity contribution >= 4 is 26.4 Å². The Labute approximate surface area is 375 Å². The van der Waals surface area contributed by atoms with Crippen molar-refractivity contribution in [1.82, 2.24) is 0 Å². The summed E-state index contributed by atoms with van der Waals surface area (Å²) in [5.41, 5.74) is -0.307. The summed E-state index contributed by atoms with van der Waals surface area (Å²) in [5, 5.41) is 0. The Kier molecular flexibility index (Phi) is 28.4. The van der Waals surface area contributed by atoms with Gasteiger partial charge in [-0.1, -0.05) is 19.3 Å². The van der Waals surface area contributed by atoms with Gasteiger partial charge in [-0.15, -0.1) is 13.2 Å². The number of ether oxygens (including phenoxy) is 4. The lowest BCUT2D eigenvalue weighted by Gasteiger charge is -2.37. The molecule has 0 aliphatic rings. The van der Waals surface area contributed by atoms with Crippen LogP contribution in [0.3, 0.4) is 0 Å². The molecular formula is C36H67F13O13Si3. The predicted octanol–water partition coefficient (Wildman–Crippen LogP) is 10.3. The Morgan fingerprint density at radius 3 is 0.969 bits per heavy atom. The van der Waals surface area contributed by atoms with E-state index in [0.29, 0.717) is 75.9 Å². The van der Waals surface area contributed by atoms with Gasteiger partial charge < -0.3 is 49.3 Å². The minimum absolute atomic E-state index is 0.0867. The molecule has 0 unspecified atom stereocenters. The standard InChI is InChI=1S/C36H67F13O13Si3/c1-50-63(51-2,52-3)22-14-18-30(19-15-23-64(53-4,54-5)55-6,20-16-24-65(56-7,57-8)58-9)17-12-10-11-13-21-31(37,38)26-59-28-34(43,44)61-33(41,42)25-32(39,40)27-60-29-35(45,46)62-36(47,48)49/h10-29H2,1-9H3. The van der Waals surface area contributed by atoms with E-state index in [1.54, 1.807) is 0 Å². The van der Waals surface area contributed by atoms with Crippen molar-refractivity contribution in [3.63, 3.8) is 0 Å². The minimum atomic E-state index is -5.91. The summed E-state index contributed by atoms with van der Waals surface area (Å²) in [4.78, 5) is 0. The van der Waals surface area contributed by atoms with Crippen LogP contribution in [0.25, 0.3) is 0 Å². The largest absolute Gasteiger partial charge is 0.527 e. The molecule has 65 heavy (non-hydrogen) atoms. The molecule has 0 atom stereocenters. The molecule has 0 saturated heterocycles. The molecule has 392 valence electrons. The maximum atomic E-state index is 14.6. The molecule has 0 heterocycles. The van der Waals surface area contributed by atoms with E-state index < -0.39 is 102 Å². The Balaban J connectivity index is 5.58. The number of hydrogen-bond donors (Lipinski definition) is 0. The molecule has 0 aliphatic carbocycles. The van der Waals surface area contributed by atoms with Crippen molar-refractivity contribution in [1.29, 1.82) is 0 Å². The predicted molar refractivity (Wildman–Crippen MR) is 212 cm³/mol. The van der Waals surface area contributed by atoms with E-state index >= 15 is 0 Å². The lowest BCUT2D eigenvalue weighted by atomic mass is 9.72. The average Bonchev–Trinajstić information content (AvgIpc) is 3.19. The van der Waals surface area contributed by atoms with Crippen LogP contribution in [0, 0.1) is 5.41 Å². The summed E-state index contributed by atoms with van der Waals surface area (Å²) < 4.78 is 239. The third kappa shape index (κ3) is 26.1. The highest BCUT2D eigenvalue weighted by atomic mass is 28.4. The molecule has 0 N–H and O–H groups in total. The van der Waals surface area contributed by atoms with Crippen LogP contribution >= 0.6 is 0 Å². The Hall–Kier alpha value is -0.779. The summed E-state index contributed by atoms with van der Waals surface area (Å²) >= 11 is 0. The van der Waals surface area contributed by atoms with Gasteiger partial charge in [-0.05, 0) is 56.8 Å². The van der Waals surface area contributed by atoms with Crippen LogP contribution in [0.1, 0.15) is 83.5 Å². The second-order valence-corrected chi connectivity index (χ2v) is 24.6. The summed E-state index contributed by atoms with van der Waals surface area (Å²) in [6.07, 6.45) is -19.3. The fourth-order valence-corrected chi connectivity index (χ4v) is 12.4. The Morgan fingerprint density at radius 2 is 0.631 bits per heavy atom. The van der Waals surface area contributed by atoms with E-state index in [2.05, 4.69) is 18.9 Å². The third-order valence-electron chi connectivity index (χ3n) is 10.6. The fraction of sp³-hybridized carbons (Fsp3) is 1.00. The molecule has 0 fully saturated rings. The molecule has 0 spiro atoms. The van der Waals surface area contributed by atoms with Crippen LogP contribution < -0.4 is 0 Å². The number of rotatable bonds is 41. The van der Waals surface area contributed by atoms with E-state index in [1.807, 2.05) is 0 Å². The third-order valence-corrected chi connectivity index (χ3v) is 19.1. The first-order valence-corrected chi connectivity index (χ1v) is 26.2. The zero-order chi connectivity index (χ0) is 50.3. The first-order chi connectivity index (χ1) is 29.9. The van der Waals surface area contributed by atoms with Crippen molar-refractivity contribution in [3.8, 4) is 0 Å². The highest BCUT2D eigenvalue weighted by molar-refractivity contribution is 6.61. The number of halogens is 13. The van der Waals surface area contributed by atoms with E-state index in [-0.39, 0.29) is 18.3 Å². The Bertz CT molecular complexity index is 1180. The fourth-order valence-electron chi connectivity index (χ4n) is 7.24. The van der Waals surface area contributed by atoms with Gasteiger partial charge in [-0.2, -0.15) is 26.3 Å². The van der Waals surface area contributed by atoms with Gasteiger partial charge in [-0.3, -0.25) is 4.74 Å². The first-order valence-electron chi connectivity index (χ1n) is 20.4. The van der Waals surface area contributed by atoms with Crippen LogP contribution in [0.15, 0.2) is 0 Å². The molecule has 0 aromatic carbocycles. The summed E-state index contributed by atoms with van der Waals surface area (Å²) in [7, 11) is 4.84. The van der Waals surface area contributed by atoms with Crippen LogP contribution in [0.5, 0.6) is 0 Å².